The van der Waals surface area contributed by atoms with E-state index in [1.807, 2.05) is 13.8 Å². The highest BCUT2D eigenvalue weighted by molar-refractivity contribution is 7.89. The highest BCUT2D eigenvalue weighted by Gasteiger charge is 2.33. The molecule has 168 valence electrons. The van der Waals surface area contributed by atoms with Crippen LogP contribution in [0.5, 0.6) is 11.5 Å². The highest BCUT2D eigenvalue weighted by atomic mass is 32.2. The van der Waals surface area contributed by atoms with Crippen LogP contribution in [0.4, 0.5) is 10.5 Å². The average Bonchev–Trinajstić information content (AvgIpc) is 3.57. The molecule has 8 nitrogen and oxygen atoms in total. The standard InChI is InChI=1S/C22H29N3O5S/c1-15(2)24(3)31(28,29)19-10-6-17(7-11-19)23-22(27)25(18-8-9-18)14-16-5-12-20(26)21(13-16)30-4/h5-7,10-13,15,18,26H,8-9,14H2,1-4H3,(H,23,27). The fraction of sp³-hybridized carbons (Fsp3) is 0.409. The lowest BCUT2D eigenvalue weighted by atomic mass is 10.2. The highest BCUT2D eigenvalue weighted by Crippen LogP contribution is 2.32. The van der Waals surface area contributed by atoms with E-state index in [-0.39, 0.29) is 28.8 Å². The number of phenols is 1. The summed E-state index contributed by atoms with van der Waals surface area (Å²) in [7, 11) is -0.554. The van der Waals surface area contributed by atoms with Crippen molar-refractivity contribution in [3.63, 3.8) is 0 Å². The Kier molecular flexibility index (Phi) is 6.76. The van der Waals surface area contributed by atoms with Crippen molar-refractivity contribution in [1.82, 2.24) is 9.21 Å². The summed E-state index contributed by atoms with van der Waals surface area (Å²) >= 11 is 0. The van der Waals surface area contributed by atoms with Gasteiger partial charge < -0.3 is 20.1 Å². The Morgan fingerprint density at radius 1 is 1.19 bits per heavy atom. The van der Waals surface area contributed by atoms with Gasteiger partial charge in [0.05, 0.1) is 12.0 Å². The molecule has 2 N–H and O–H groups in total. The molecule has 0 spiro atoms. The van der Waals surface area contributed by atoms with Crippen LogP contribution in [-0.2, 0) is 16.6 Å². The molecule has 0 saturated heterocycles. The molecule has 31 heavy (non-hydrogen) atoms. The first-order valence-electron chi connectivity index (χ1n) is 10.1. The van der Waals surface area contributed by atoms with Crippen LogP contribution in [0.3, 0.4) is 0 Å². The second-order valence-electron chi connectivity index (χ2n) is 7.93. The predicted molar refractivity (Wildman–Crippen MR) is 119 cm³/mol. The summed E-state index contributed by atoms with van der Waals surface area (Å²) in [6.45, 7) is 3.99. The van der Waals surface area contributed by atoms with Crippen molar-refractivity contribution in [2.45, 2.75) is 50.2 Å². The zero-order valence-corrected chi connectivity index (χ0v) is 19.0. The zero-order valence-electron chi connectivity index (χ0n) is 18.2. The fourth-order valence-corrected chi connectivity index (χ4v) is 4.49. The second-order valence-corrected chi connectivity index (χ2v) is 9.93. The van der Waals surface area contributed by atoms with Gasteiger partial charge in [-0.15, -0.1) is 0 Å². The molecule has 1 aliphatic rings. The largest absolute Gasteiger partial charge is 0.504 e. The number of phenolic OH excluding ortho intramolecular Hbond substituents is 1. The molecule has 0 unspecified atom stereocenters. The Hall–Kier alpha value is -2.78. The number of amides is 2. The molecule has 1 saturated carbocycles. The molecule has 2 amide bonds. The number of ether oxygens (including phenoxy) is 1. The van der Waals surface area contributed by atoms with Crippen molar-refractivity contribution in [2.24, 2.45) is 0 Å². The van der Waals surface area contributed by atoms with Gasteiger partial charge in [0.2, 0.25) is 10.0 Å². The number of hydrogen-bond acceptors (Lipinski definition) is 5. The smallest absolute Gasteiger partial charge is 0.322 e. The van der Waals surface area contributed by atoms with Crippen LogP contribution in [0.25, 0.3) is 0 Å². The molecule has 2 aromatic carbocycles. The lowest BCUT2D eigenvalue weighted by Crippen LogP contribution is -2.36. The van der Waals surface area contributed by atoms with Gasteiger partial charge >= 0.3 is 6.03 Å². The van der Waals surface area contributed by atoms with Crippen molar-refractivity contribution in [2.75, 3.05) is 19.5 Å². The molecule has 1 fully saturated rings. The van der Waals surface area contributed by atoms with Crippen molar-refractivity contribution in [3.8, 4) is 11.5 Å². The first-order valence-corrected chi connectivity index (χ1v) is 11.6. The number of nitrogens with one attached hydrogen (secondary N) is 1. The maximum Gasteiger partial charge on any atom is 0.322 e. The van der Waals surface area contributed by atoms with Crippen LogP contribution in [0.2, 0.25) is 0 Å². The monoisotopic (exact) mass is 447 g/mol. The van der Waals surface area contributed by atoms with E-state index >= 15 is 0 Å². The molecule has 0 radical (unpaired) electrons. The Morgan fingerprint density at radius 3 is 2.39 bits per heavy atom. The normalized spacial score (nSPS) is 14.0. The van der Waals surface area contributed by atoms with Gasteiger partial charge in [-0.3, -0.25) is 0 Å². The third kappa shape index (κ3) is 5.29. The third-order valence-electron chi connectivity index (χ3n) is 5.36. The van der Waals surface area contributed by atoms with E-state index in [2.05, 4.69) is 5.32 Å². The van der Waals surface area contributed by atoms with E-state index in [4.69, 9.17) is 4.74 Å². The van der Waals surface area contributed by atoms with E-state index < -0.39 is 10.0 Å². The summed E-state index contributed by atoms with van der Waals surface area (Å²) in [5.74, 6) is 0.406. The van der Waals surface area contributed by atoms with E-state index in [9.17, 15) is 18.3 Å². The topological polar surface area (TPSA) is 99.2 Å². The van der Waals surface area contributed by atoms with Crippen LogP contribution in [0.1, 0.15) is 32.3 Å². The summed E-state index contributed by atoms with van der Waals surface area (Å²) in [6.07, 6.45) is 1.86. The van der Waals surface area contributed by atoms with Gasteiger partial charge in [0.15, 0.2) is 11.5 Å². The van der Waals surface area contributed by atoms with Gasteiger partial charge in [-0.1, -0.05) is 6.07 Å². The minimum absolute atomic E-state index is 0.0480. The quantitative estimate of drug-likeness (QED) is 0.644. The summed E-state index contributed by atoms with van der Waals surface area (Å²) < 4.78 is 31.6. The lowest BCUT2D eigenvalue weighted by Gasteiger charge is -2.24. The van der Waals surface area contributed by atoms with Crippen molar-refractivity contribution in [3.05, 3.63) is 48.0 Å². The van der Waals surface area contributed by atoms with E-state index in [0.717, 1.165) is 18.4 Å². The van der Waals surface area contributed by atoms with E-state index in [0.29, 0.717) is 18.0 Å². The Bertz CT molecular complexity index is 1030. The Balaban J connectivity index is 1.72. The SMILES string of the molecule is COc1cc(CN(C(=O)Nc2ccc(S(=O)(=O)N(C)C(C)C)cc2)C2CC2)ccc1O. The third-order valence-corrected chi connectivity index (χ3v) is 7.40. The number of methoxy groups -OCH3 is 1. The average molecular weight is 448 g/mol. The molecule has 0 atom stereocenters. The number of aromatic hydroxyl groups is 1. The van der Waals surface area contributed by atoms with E-state index in [1.54, 1.807) is 42.3 Å². The number of benzene rings is 2. The van der Waals surface area contributed by atoms with Crippen LogP contribution < -0.4 is 10.1 Å². The zero-order chi connectivity index (χ0) is 22.8. The van der Waals surface area contributed by atoms with Crippen molar-refractivity contribution in [1.29, 1.82) is 0 Å². The number of urea groups is 1. The molecule has 1 aliphatic carbocycles. The molecule has 0 aliphatic heterocycles. The van der Waals surface area contributed by atoms with Gasteiger partial charge in [-0.05, 0) is 68.7 Å². The Labute approximate surface area is 183 Å². The van der Waals surface area contributed by atoms with Crippen molar-refractivity contribution < 1.29 is 23.1 Å². The molecular formula is C22H29N3O5S. The number of anilines is 1. The number of hydrogen-bond donors (Lipinski definition) is 2. The minimum Gasteiger partial charge on any atom is -0.504 e. The lowest BCUT2D eigenvalue weighted by molar-refractivity contribution is 0.206. The summed E-state index contributed by atoms with van der Waals surface area (Å²) in [4.78, 5) is 14.8. The molecule has 0 heterocycles. The van der Waals surface area contributed by atoms with Gasteiger partial charge in [0, 0.05) is 31.4 Å². The molecule has 3 rings (SSSR count). The van der Waals surface area contributed by atoms with E-state index in [1.165, 1.54) is 23.5 Å². The molecule has 0 aromatic heterocycles. The summed E-state index contributed by atoms with van der Waals surface area (Å²) in [5.41, 5.74) is 1.36. The fourth-order valence-electron chi connectivity index (χ4n) is 3.12. The number of carbonyl (C=O) groups excluding carboxylic acids is 1. The van der Waals surface area contributed by atoms with Gasteiger partial charge in [0.1, 0.15) is 0 Å². The van der Waals surface area contributed by atoms with Gasteiger partial charge in [-0.25, -0.2) is 13.2 Å². The number of rotatable bonds is 8. The summed E-state index contributed by atoms with van der Waals surface area (Å²) in [6, 6.07) is 10.9. The molecule has 0 bridgehead atoms. The second kappa shape index (κ2) is 9.15. The van der Waals surface area contributed by atoms with Crippen LogP contribution in [0.15, 0.2) is 47.4 Å². The maximum atomic E-state index is 12.9. The van der Waals surface area contributed by atoms with Gasteiger partial charge in [-0.2, -0.15) is 4.31 Å². The number of sulfonamides is 1. The van der Waals surface area contributed by atoms with Crippen LogP contribution in [0, 0.1) is 0 Å². The van der Waals surface area contributed by atoms with Crippen molar-refractivity contribution >= 4 is 21.7 Å². The summed E-state index contributed by atoms with van der Waals surface area (Å²) in [5, 5.41) is 12.6. The Morgan fingerprint density at radius 2 is 1.84 bits per heavy atom. The minimum atomic E-state index is -3.58. The predicted octanol–water partition coefficient (Wildman–Crippen LogP) is 3.63. The molecule has 2 aromatic rings. The first-order chi connectivity index (χ1) is 14.6. The molecular weight excluding hydrogens is 418 g/mol. The van der Waals surface area contributed by atoms with Gasteiger partial charge in [0.25, 0.3) is 0 Å². The number of nitrogens with zero attached hydrogens (tertiary/aromatic N) is 2. The van der Waals surface area contributed by atoms with Crippen LogP contribution in [-0.4, -0.2) is 55.0 Å². The number of carbonyl (C=O) groups is 1. The maximum absolute atomic E-state index is 12.9. The molecule has 9 heteroatoms. The van der Waals surface area contributed by atoms with Crippen LogP contribution >= 0.6 is 0 Å². The first kappa shape index (κ1) is 22.9.